The van der Waals surface area contributed by atoms with Crippen LogP contribution in [0.15, 0.2) is 4.99 Å². The molecule has 1 rings (SSSR count). The van der Waals surface area contributed by atoms with E-state index < -0.39 is 0 Å². The van der Waals surface area contributed by atoms with E-state index in [2.05, 4.69) is 36.3 Å². The SMILES string of the molecule is CCNC(=NCC1CCN(CC)C1)NC(C)COC. The molecule has 19 heavy (non-hydrogen) atoms. The third kappa shape index (κ3) is 6.25. The molecule has 0 spiro atoms. The molecule has 1 fully saturated rings. The third-order valence-corrected chi connectivity index (χ3v) is 3.47. The molecule has 0 radical (unpaired) electrons. The van der Waals surface area contributed by atoms with Gasteiger partial charge in [-0.05, 0) is 39.3 Å². The van der Waals surface area contributed by atoms with Crippen molar-refractivity contribution in [3.05, 3.63) is 0 Å². The summed E-state index contributed by atoms with van der Waals surface area (Å²) in [7, 11) is 1.72. The van der Waals surface area contributed by atoms with E-state index in [0.717, 1.165) is 25.6 Å². The molecule has 0 amide bonds. The molecule has 0 aromatic rings. The van der Waals surface area contributed by atoms with Gasteiger partial charge in [0.25, 0.3) is 0 Å². The normalized spacial score (nSPS) is 22.5. The summed E-state index contributed by atoms with van der Waals surface area (Å²) >= 11 is 0. The number of likely N-dealkylation sites (tertiary alicyclic amines) is 1. The van der Waals surface area contributed by atoms with Crippen molar-refractivity contribution in [3.63, 3.8) is 0 Å². The van der Waals surface area contributed by atoms with Gasteiger partial charge in [-0.15, -0.1) is 0 Å². The number of guanidine groups is 1. The number of hydrogen-bond donors (Lipinski definition) is 2. The number of nitrogens with zero attached hydrogens (tertiary/aromatic N) is 2. The zero-order valence-electron chi connectivity index (χ0n) is 12.9. The molecule has 2 unspecified atom stereocenters. The molecule has 2 N–H and O–H groups in total. The first kappa shape index (κ1) is 16.2. The molecule has 1 heterocycles. The van der Waals surface area contributed by atoms with E-state index in [-0.39, 0.29) is 6.04 Å². The predicted octanol–water partition coefficient (Wildman–Crippen LogP) is 0.918. The Hall–Kier alpha value is -0.810. The summed E-state index contributed by atoms with van der Waals surface area (Å²) in [4.78, 5) is 7.19. The van der Waals surface area contributed by atoms with Crippen LogP contribution in [0.4, 0.5) is 0 Å². The fourth-order valence-electron chi connectivity index (χ4n) is 2.41. The maximum atomic E-state index is 5.14. The molecule has 1 aliphatic rings. The highest BCUT2D eigenvalue weighted by atomic mass is 16.5. The van der Waals surface area contributed by atoms with E-state index in [1.54, 1.807) is 7.11 Å². The maximum Gasteiger partial charge on any atom is 0.191 e. The molecule has 0 bridgehead atoms. The van der Waals surface area contributed by atoms with Gasteiger partial charge in [0.05, 0.1) is 6.61 Å². The van der Waals surface area contributed by atoms with Gasteiger partial charge in [0.1, 0.15) is 0 Å². The quantitative estimate of drug-likeness (QED) is 0.533. The second kappa shape index (κ2) is 9.15. The number of rotatable bonds is 7. The first-order valence-corrected chi connectivity index (χ1v) is 7.45. The minimum Gasteiger partial charge on any atom is -0.383 e. The Bertz CT molecular complexity index is 270. The highest BCUT2D eigenvalue weighted by Gasteiger charge is 2.20. The van der Waals surface area contributed by atoms with Crippen LogP contribution in [-0.2, 0) is 4.74 Å². The van der Waals surface area contributed by atoms with E-state index in [1.807, 2.05) is 0 Å². The summed E-state index contributed by atoms with van der Waals surface area (Å²) in [5.41, 5.74) is 0. The monoisotopic (exact) mass is 270 g/mol. The van der Waals surface area contributed by atoms with Crippen LogP contribution in [0.1, 0.15) is 27.2 Å². The summed E-state index contributed by atoms with van der Waals surface area (Å²) in [6.07, 6.45) is 1.27. The van der Waals surface area contributed by atoms with Gasteiger partial charge in [0, 0.05) is 32.8 Å². The lowest BCUT2D eigenvalue weighted by Crippen LogP contribution is -2.44. The van der Waals surface area contributed by atoms with Crippen LogP contribution >= 0.6 is 0 Å². The van der Waals surface area contributed by atoms with Gasteiger partial charge >= 0.3 is 0 Å². The average Bonchev–Trinajstić information content (AvgIpc) is 2.84. The smallest absolute Gasteiger partial charge is 0.191 e. The Morgan fingerprint density at radius 3 is 2.84 bits per heavy atom. The lowest BCUT2D eigenvalue weighted by molar-refractivity contribution is 0.179. The fourth-order valence-corrected chi connectivity index (χ4v) is 2.41. The molecular weight excluding hydrogens is 240 g/mol. The Morgan fingerprint density at radius 1 is 1.47 bits per heavy atom. The zero-order valence-corrected chi connectivity index (χ0v) is 12.9. The Labute approximate surface area is 117 Å². The number of aliphatic imine (C=N–C) groups is 1. The molecule has 0 aliphatic carbocycles. The third-order valence-electron chi connectivity index (χ3n) is 3.47. The van der Waals surface area contributed by atoms with Crippen LogP contribution in [0.3, 0.4) is 0 Å². The molecule has 0 aromatic heterocycles. The minimum absolute atomic E-state index is 0.276. The highest BCUT2D eigenvalue weighted by Crippen LogP contribution is 2.15. The summed E-state index contributed by atoms with van der Waals surface area (Å²) in [6, 6.07) is 0.276. The summed E-state index contributed by atoms with van der Waals surface area (Å²) in [5, 5.41) is 6.66. The molecule has 5 nitrogen and oxygen atoms in total. The predicted molar refractivity (Wildman–Crippen MR) is 80.7 cm³/mol. The van der Waals surface area contributed by atoms with Crippen LogP contribution in [0.25, 0.3) is 0 Å². The standard InChI is InChI=1S/C14H30N4O/c1-5-15-14(17-12(3)11-19-4)16-9-13-7-8-18(6-2)10-13/h12-13H,5-11H2,1-4H3,(H2,15,16,17). The first-order valence-electron chi connectivity index (χ1n) is 7.45. The molecule has 5 heteroatoms. The van der Waals surface area contributed by atoms with Crippen LogP contribution in [0.2, 0.25) is 0 Å². The number of ether oxygens (including phenoxy) is 1. The van der Waals surface area contributed by atoms with Crippen molar-refractivity contribution < 1.29 is 4.74 Å². The minimum atomic E-state index is 0.276. The van der Waals surface area contributed by atoms with Gasteiger partial charge in [0.15, 0.2) is 5.96 Å². The van der Waals surface area contributed by atoms with Crippen LogP contribution in [-0.4, -0.2) is 63.3 Å². The second-order valence-corrected chi connectivity index (χ2v) is 5.27. The molecule has 0 aromatic carbocycles. The first-order chi connectivity index (χ1) is 9.19. The number of nitrogens with one attached hydrogen (secondary N) is 2. The van der Waals surface area contributed by atoms with Crippen molar-refractivity contribution in [3.8, 4) is 0 Å². The van der Waals surface area contributed by atoms with Crippen molar-refractivity contribution in [1.82, 2.24) is 15.5 Å². The highest BCUT2D eigenvalue weighted by molar-refractivity contribution is 5.80. The molecular formula is C14H30N4O. The second-order valence-electron chi connectivity index (χ2n) is 5.27. The topological polar surface area (TPSA) is 48.9 Å². The van der Waals surface area contributed by atoms with E-state index in [9.17, 15) is 0 Å². The molecule has 0 saturated carbocycles. The van der Waals surface area contributed by atoms with Crippen molar-refractivity contribution >= 4 is 5.96 Å². The Kier molecular flexibility index (Phi) is 7.82. The molecule has 1 saturated heterocycles. The van der Waals surface area contributed by atoms with E-state index in [1.165, 1.54) is 19.5 Å². The van der Waals surface area contributed by atoms with Crippen molar-refractivity contribution in [2.75, 3.05) is 46.4 Å². The van der Waals surface area contributed by atoms with Gasteiger partial charge in [-0.3, -0.25) is 4.99 Å². The summed E-state index contributed by atoms with van der Waals surface area (Å²) < 4.78 is 5.14. The lowest BCUT2D eigenvalue weighted by atomic mass is 10.1. The molecule has 2 atom stereocenters. The Balaban J connectivity index is 2.39. The van der Waals surface area contributed by atoms with Crippen LogP contribution < -0.4 is 10.6 Å². The van der Waals surface area contributed by atoms with E-state index >= 15 is 0 Å². The zero-order chi connectivity index (χ0) is 14.1. The van der Waals surface area contributed by atoms with Gasteiger partial charge in [0.2, 0.25) is 0 Å². The molecule has 1 aliphatic heterocycles. The van der Waals surface area contributed by atoms with Gasteiger partial charge in [-0.1, -0.05) is 6.92 Å². The van der Waals surface area contributed by atoms with E-state index in [0.29, 0.717) is 12.5 Å². The number of methoxy groups -OCH3 is 1. The van der Waals surface area contributed by atoms with Crippen LogP contribution in [0.5, 0.6) is 0 Å². The van der Waals surface area contributed by atoms with Gasteiger partial charge < -0.3 is 20.3 Å². The van der Waals surface area contributed by atoms with Gasteiger partial charge in [-0.2, -0.15) is 0 Å². The molecule has 112 valence electrons. The average molecular weight is 270 g/mol. The van der Waals surface area contributed by atoms with Crippen LogP contribution in [0, 0.1) is 5.92 Å². The largest absolute Gasteiger partial charge is 0.383 e. The van der Waals surface area contributed by atoms with Crippen molar-refractivity contribution in [2.45, 2.75) is 33.2 Å². The van der Waals surface area contributed by atoms with Crippen molar-refractivity contribution in [1.29, 1.82) is 0 Å². The maximum absolute atomic E-state index is 5.14. The van der Waals surface area contributed by atoms with Gasteiger partial charge in [-0.25, -0.2) is 0 Å². The lowest BCUT2D eigenvalue weighted by Gasteiger charge is -2.18. The fraction of sp³-hybridized carbons (Fsp3) is 0.929. The Morgan fingerprint density at radius 2 is 2.26 bits per heavy atom. The van der Waals surface area contributed by atoms with E-state index in [4.69, 9.17) is 9.73 Å². The number of hydrogen-bond acceptors (Lipinski definition) is 3. The summed E-state index contributed by atoms with van der Waals surface area (Å²) in [6.45, 7) is 12.5. The van der Waals surface area contributed by atoms with Crippen molar-refractivity contribution in [2.24, 2.45) is 10.9 Å². The summed E-state index contributed by atoms with van der Waals surface area (Å²) in [5.74, 6) is 1.61.